The van der Waals surface area contributed by atoms with Crippen LogP contribution in [0.3, 0.4) is 0 Å². The summed E-state index contributed by atoms with van der Waals surface area (Å²) in [6.45, 7) is 7.73. The van der Waals surface area contributed by atoms with Gasteiger partial charge < -0.3 is 11.1 Å². The lowest BCUT2D eigenvalue weighted by atomic mass is 9.85. The van der Waals surface area contributed by atoms with Crippen LogP contribution in [-0.2, 0) is 13.1 Å². The van der Waals surface area contributed by atoms with Crippen molar-refractivity contribution in [2.75, 3.05) is 13.1 Å². The molecule has 1 aromatic heterocycles. The van der Waals surface area contributed by atoms with Gasteiger partial charge in [-0.1, -0.05) is 44.2 Å². The van der Waals surface area contributed by atoms with Crippen molar-refractivity contribution < 1.29 is 4.79 Å². The van der Waals surface area contributed by atoms with E-state index >= 15 is 0 Å². The van der Waals surface area contributed by atoms with E-state index in [1.54, 1.807) is 5.38 Å². The number of nitrogens with zero attached hydrogens (tertiary/aromatic N) is 2. The topological polar surface area (TPSA) is 71.2 Å². The van der Waals surface area contributed by atoms with Crippen molar-refractivity contribution in [1.82, 2.24) is 15.2 Å². The first-order valence-corrected chi connectivity index (χ1v) is 9.66. The van der Waals surface area contributed by atoms with Crippen molar-refractivity contribution >= 4 is 17.2 Å². The highest BCUT2D eigenvalue weighted by Crippen LogP contribution is 2.24. The van der Waals surface area contributed by atoms with Crippen molar-refractivity contribution in [3.05, 3.63) is 52.0 Å². The number of hydrogen-bond donors (Lipinski definition) is 2. The largest absolute Gasteiger partial charge is 0.347 e. The van der Waals surface area contributed by atoms with Crippen molar-refractivity contribution in [1.29, 1.82) is 0 Å². The average molecular weight is 359 g/mol. The maximum Gasteiger partial charge on any atom is 0.270 e. The van der Waals surface area contributed by atoms with Gasteiger partial charge in [0.15, 0.2) is 0 Å². The summed E-state index contributed by atoms with van der Waals surface area (Å²) < 4.78 is 0. The second-order valence-electron chi connectivity index (χ2n) is 6.96. The number of likely N-dealkylation sites (tertiary alicyclic amines) is 1. The van der Waals surface area contributed by atoms with Crippen molar-refractivity contribution in [2.45, 2.75) is 33.0 Å². The molecule has 25 heavy (non-hydrogen) atoms. The molecule has 0 aliphatic carbocycles. The van der Waals surface area contributed by atoms with Crippen LogP contribution in [0.15, 0.2) is 35.7 Å². The minimum Gasteiger partial charge on any atom is -0.347 e. The molecule has 2 heterocycles. The Morgan fingerprint density at radius 1 is 1.28 bits per heavy atom. The van der Waals surface area contributed by atoms with Gasteiger partial charge in [-0.2, -0.15) is 0 Å². The van der Waals surface area contributed by atoms with Gasteiger partial charge in [0.2, 0.25) is 0 Å². The van der Waals surface area contributed by atoms with E-state index in [0.29, 0.717) is 24.1 Å². The van der Waals surface area contributed by atoms with E-state index in [4.69, 9.17) is 5.73 Å². The zero-order chi connectivity index (χ0) is 17.8. The first kappa shape index (κ1) is 18.0. The number of benzene rings is 1. The molecule has 5 nitrogen and oxygen atoms in total. The lowest BCUT2D eigenvalue weighted by molar-refractivity contribution is 0.0729. The molecule has 0 saturated carbocycles. The molecular formula is C19H26N4OS. The predicted octanol–water partition coefficient (Wildman–Crippen LogP) is 2.49. The number of carbonyl (C=O) groups excluding carboxylic acids is 1. The highest BCUT2D eigenvalue weighted by molar-refractivity contribution is 7.09. The number of piperidine rings is 1. The lowest BCUT2D eigenvalue weighted by Crippen LogP contribution is -2.54. The summed E-state index contributed by atoms with van der Waals surface area (Å²) in [6, 6.07) is 10.7. The van der Waals surface area contributed by atoms with Gasteiger partial charge in [-0.3, -0.25) is 9.69 Å². The molecule has 2 atom stereocenters. The van der Waals surface area contributed by atoms with Gasteiger partial charge in [-0.15, -0.1) is 11.3 Å². The summed E-state index contributed by atoms with van der Waals surface area (Å²) in [5, 5.41) is 5.78. The van der Waals surface area contributed by atoms with Crippen LogP contribution in [0.25, 0.3) is 0 Å². The molecule has 3 rings (SSSR count). The van der Waals surface area contributed by atoms with Gasteiger partial charge in [0.25, 0.3) is 5.91 Å². The molecule has 3 N–H and O–H groups in total. The SMILES string of the molecule is CC1CN(Cc2ccccc2)CC(C)C1NC(=O)c1csc(CN)n1. The van der Waals surface area contributed by atoms with Crippen LogP contribution < -0.4 is 11.1 Å². The minimum absolute atomic E-state index is 0.0869. The number of thiazole rings is 1. The first-order valence-electron chi connectivity index (χ1n) is 8.78. The van der Waals surface area contributed by atoms with Gasteiger partial charge in [0.1, 0.15) is 10.7 Å². The average Bonchev–Trinajstić information content (AvgIpc) is 3.08. The maximum atomic E-state index is 12.5. The molecule has 1 aromatic carbocycles. The van der Waals surface area contributed by atoms with Crippen LogP contribution in [0.2, 0.25) is 0 Å². The van der Waals surface area contributed by atoms with Gasteiger partial charge in [0, 0.05) is 37.6 Å². The molecule has 1 saturated heterocycles. The van der Waals surface area contributed by atoms with Crippen LogP contribution in [0.4, 0.5) is 0 Å². The fourth-order valence-electron chi connectivity index (χ4n) is 3.67. The second-order valence-corrected chi connectivity index (χ2v) is 7.91. The van der Waals surface area contributed by atoms with E-state index in [1.165, 1.54) is 16.9 Å². The summed E-state index contributed by atoms with van der Waals surface area (Å²) in [4.78, 5) is 19.2. The Kier molecular flexibility index (Phi) is 5.83. The number of nitrogens with two attached hydrogens (primary N) is 1. The highest BCUT2D eigenvalue weighted by Gasteiger charge is 2.33. The summed E-state index contributed by atoms with van der Waals surface area (Å²) >= 11 is 1.44. The fraction of sp³-hybridized carbons (Fsp3) is 0.474. The number of hydrogen-bond acceptors (Lipinski definition) is 5. The van der Waals surface area contributed by atoms with E-state index in [-0.39, 0.29) is 11.9 Å². The van der Waals surface area contributed by atoms with Gasteiger partial charge >= 0.3 is 0 Å². The molecular weight excluding hydrogens is 332 g/mol. The smallest absolute Gasteiger partial charge is 0.270 e. The number of rotatable bonds is 5. The van der Waals surface area contributed by atoms with Crippen LogP contribution in [-0.4, -0.2) is 34.9 Å². The molecule has 1 amide bonds. The normalized spacial score (nSPS) is 24.2. The van der Waals surface area contributed by atoms with Crippen LogP contribution in [0.1, 0.15) is 34.9 Å². The van der Waals surface area contributed by atoms with Crippen molar-refractivity contribution in [3.63, 3.8) is 0 Å². The number of amides is 1. The Balaban J connectivity index is 1.59. The van der Waals surface area contributed by atoms with Gasteiger partial charge in [0.05, 0.1) is 0 Å². The monoisotopic (exact) mass is 358 g/mol. The molecule has 1 aliphatic heterocycles. The van der Waals surface area contributed by atoms with Gasteiger partial charge in [-0.25, -0.2) is 4.98 Å². The molecule has 2 aromatic rings. The van der Waals surface area contributed by atoms with E-state index in [0.717, 1.165) is 24.6 Å². The molecule has 6 heteroatoms. The standard InChI is InChI=1S/C19H26N4OS/c1-13-9-23(11-15-6-4-3-5-7-15)10-14(2)18(13)22-19(24)16-12-25-17(8-20)21-16/h3-7,12-14,18H,8-11,20H2,1-2H3,(H,22,24). The van der Waals surface area contributed by atoms with Crippen molar-refractivity contribution in [2.24, 2.45) is 17.6 Å². The van der Waals surface area contributed by atoms with E-state index in [1.807, 2.05) is 6.07 Å². The van der Waals surface area contributed by atoms with Gasteiger partial charge in [-0.05, 0) is 17.4 Å². The maximum absolute atomic E-state index is 12.5. The highest BCUT2D eigenvalue weighted by atomic mass is 32.1. The Hall–Kier alpha value is -1.76. The molecule has 1 aliphatic rings. The predicted molar refractivity (Wildman–Crippen MR) is 101 cm³/mol. The molecule has 1 fully saturated rings. The number of carbonyl (C=O) groups is 1. The fourth-order valence-corrected chi connectivity index (χ4v) is 4.32. The quantitative estimate of drug-likeness (QED) is 0.861. The summed E-state index contributed by atoms with van der Waals surface area (Å²) in [5.41, 5.74) is 7.40. The zero-order valence-electron chi connectivity index (χ0n) is 14.8. The molecule has 0 spiro atoms. The van der Waals surface area contributed by atoms with Crippen LogP contribution in [0.5, 0.6) is 0 Å². The Bertz CT molecular complexity index is 690. The third kappa shape index (κ3) is 4.45. The number of aromatic nitrogens is 1. The van der Waals surface area contributed by atoms with E-state index < -0.39 is 0 Å². The zero-order valence-corrected chi connectivity index (χ0v) is 15.6. The minimum atomic E-state index is -0.0869. The van der Waals surface area contributed by atoms with Crippen LogP contribution in [0, 0.1) is 11.8 Å². The lowest BCUT2D eigenvalue weighted by Gasteiger charge is -2.41. The van der Waals surface area contributed by atoms with Crippen LogP contribution >= 0.6 is 11.3 Å². The van der Waals surface area contributed by atoms with Crippen molar-refractivity contribution in [3.8, 4) is 0 Å². The molecule has 0 bridgehead atoms. The number of nitrogens with one attached hydrogen (secondary N) is 1. The Morgan fingerprint density at radius 3 is 2.56 bits per heavy atom. The molecule has 0 radical (unpaired) electrons. The molecule has 2 unspecified atom stereocenters. The summed E-state index contributed by atoms with van der Waals surface area (Å²) in [6.07, 6.45) is 0. The van der Waals surface area contributed by atoms with E-state index in [2.05, 4.69) is 53.3 Å². The molecule has 134 valence electrons. The van der Waals surface area contributed by atoms with E-state index in [9.17, 15) is 4.79 Å². The third-order valence-corrected chi connectivity index (χ3v) is 5.70. The summed E-state index contributed by atoms with van der Waals surface area (Å²) in [7, 11) is 0. The third-order valence-electron chi connectivity index (χ3n) is 4.82. The second kappa shape index (κ2) is 8.08. The Morgan fingerprint density at radius 2 is 1.96 bits per heavy atom. The first-order chi connectivity index (χ1) is 12.1. The summed E-state index contributed by atoms with van der Waals surface area (Å²) in [5.74, 6) is 0.698. The Labute approximate surface area is 153 Å².